The number of halogens is 3. The van der Waals surface area contributed by atoms with Gasteiger partial charge in [-0.25, -0.2) is 9.18 Å². The molecule has 3 aromatic carbocycles. The van der Waals surface area contributed by atoms with Crippen molar-refractivity contribution in [2.75, 3.05) is 13.1 Å². The second-order valence-electron chi connectivity index (χ2n) is 8.36. The van der Waals surface area contributed by atoms with Crippen LogP contribution < -0.4 is 0 Å². The average Bonchev–Trinajstić information content (AvgIpc) is 3.23. The number of aliphatic hydroxyl groups is 1. The van der Waals surface area contributed by atoms with Crippen molar-refractivity contribution in [2.45, 2.75) is 31.8 Å². The van der Waals surface area contributed by atoms with Gasteiger partial charge in [-0.1, -0.05) is 71.7 Å². The van der Waals surface area contributed by atoms with E-state index in [0.29, 0.717) is 24.7 Å². The number of carbonyl (C=O) groups is 1. The zero-order valence-electron chi connectivity index (χ0n) is 18.4. The number of β-amino-alcohol motifs (C(OH)–C–C–N with tert-alkyl or cyclic N) is 1. The van der Waals surface area contributed by atoms with Gasteiger partial charge in [-0.15, -0.1) is 0 Å². The molecule has 0 unspecified atom stereocenters. The first kappa shape index (κ1) is 24.5. The van der Waals surface area contributed by atoms with Crippen LogP contribution in [0, 0.1) is 5.82 Å². The van der Waals surface area contributed by atoms with Crippen molar-refractivity contribution in [2.24, 2.45) is 0 Å². The van der Waals surface area contributed by atoms with E-state index in [1.165, 1.54) is 11.0 Å². The Balaban J connectivity index is 1.48. The summed E-state index contributed by atoms with van der Waals surface area (Å²) in [5.41, 5.74) is 2.69. The van der Waals surface area contributed by atoms with Crippen molar-refractivity contribution in [1.29, 1.82) is 0 Å². The molecule has 1 N–H and O–H groups in total. The largest absolute Gasteiger partial charge is 0.445 e. The monoisotopic (exact) mass is 502 g/mol. The van der Waals surface area contributed by atoms with Crippen molar-refractivity contribution in [3.05, 3.63) is 105 Å². The number of benzene rings is 3. The van der Waals surface area contributed by atoms with E-state index < -0.39 is 18.0 Å². The van der Waals surface area contributed by atoms with Gasteiger partial charge in [0.25, 0.3) is 0 Å². The summed E-state index contributed by atoms with van der Waals surface area (Å²) in [5, 5.41) is 11.5. The Morgan fingerprint density at radius 2 is 1.65 bits per heavy atom. The number of ether oxygens (including phenoxy) is 1. The Morgan fingerprint density at radius 1 is 0.971 bits per heavy atom. The van der Waals surface area contributed by atoms with E-state index in [1.807, 2.05) is 54.6 Å². The number of carbonyl (C=O) groups excluding carboxylic acids is 1. The van der Waals surface area contributed by atoms with E-state index in [1.54, 1.807) is 12.1 Å². The topological polar surface area (TPSA) is 53.0 Å². The molecule has 1 amide bonds. The average molecular weight is 503 g/mol. The quantitative estimate of drug-likeness (QED) is 0.462. The van der Waals surface area contributed by atoms with Crippen LogP contribution in [0.3, 0.4) is 0 Å². The van der Waals surface area contributed by atoms with E-state index in [-0.39, 0.29) is 24.2 Å². The molecule has 8 heteroatoms. The van der Waals surface area contributed by atoms with Crippen molar-refractivity contribution < 1.29 is 19.0 Å². The Morgan fingerprint density at radius 3 is 2.35 bits per heavy atom. The van der Waals surface area contributed by atoms with Gasteiger partial charge in [0.2, 0.25) is 0 Å². The van der Waals surface area contributed by atoms with Crippen LogP contribution >= 0.6 is 23.2 Å². The molecular formula is C26H25Cl2FN2O3. The lowest BCUT2D eigenvalue weighted by Gasteiger charge is -2.31. The molecule has 0 radical (unpaired) electrons. The summed E-state index contributed by atoms with van der Waals surface area (Å²) in [6.07, 6.45) is -1.24. The van der Waals surface area contributed by atoms with Crippen molar-refractivity contribution in [3.63, 3.8) is 0 Å². The van der Waals surface area contributed by atoms with E-state index >= 15 is 0 Å². The first-order chi connectivity index (χ1) is 16.4. The molecule has 1 saturated heterocycles. The first-order valence-electron chi connectivity index (χ1n) is 10.9. The SMILES string of the molecule is O=C(OCc1ccccc1)N1C[C@@H](O)[C@H](N(Cc2ccc(Cl)cc2)Cc2ccc(F)c(Cl)c2)C1. The third-order valence-electron chi connectivity index (χ3n) is 5.86. The number of hydrogen-bond donors (Lipinski definition) is 1. The lowest BCUT2D eigenvalue weighted by atomic mass is 10.1. The minimum absolute atomic E-state index is 0.0435. The molecule has 1 fully saturated rings. The van der Waals surface area contributed by atoms with Gasteiger partial charge in [0.15, 0.2) is 0 Å². The van der Waals surface area contributed by atoms with Gasteiger partial charge in [0.1, 0.15) is 12.4 Å². The maximum absolute atomic E-state index is 13.7. The summed E-state index contributed by atoms with van der Waals surface area (Å²) in [6, 6.07) is 21.1. The summed E-state index contributed by atoms with van der Waals surface area (Å²) in [7, 11) is 0. The summed E-state index contributed by atoms with van der Waals surface area (Å²) < 4.78 is 19.1. The summed E-state index contributed by atoms with van der Waals surface area (Å²) >= 11 is 12.0. The lowest BCUT2D eigenvalue weighted by Crippen LogP contribution is -2.42. The highest BCUT2D eigenvalue weighted by Crippen LogP contribution is 2.25. The fourth-order valence-corrected chi connectivity index (χ4v) is 4.40. The molecule has 5 nitrogen and oxygen atoms in total. The second-order valence-corrected chi connectivity index (χ2v) is 9.20. The van der Waals surface area contributed by atoms with Crippen molar-refractivity contribution in [3.8, 4) is 0 Å². The van der Waals surface area contributed by atoms with Crippen LogP contribution in [0.4, 0.5) is 9.18 Å². The zero-order chi connectivity index (χ0) is 24.1. The van der Waals surface area contributed by atoms with Gasteiger partial charge in [0, 0.05) is 24.7 Å². The molecule has 1 heterocycles. The van der Waals surface area contributed by atoms with Gasteiger partial charge in [0.05, 0.1) is 23.7 Å². The highest BCUT2D eigenvalue weighted by molar-refractivity contribution is 6.31. The highest BCUT2D eigenvalue weighted by Gasteiger charge is 2.38. The Bertz CT molecular complexity index is 1110. The van der Waals surface area contributed by atoms with Crippen LogP contribution in [0.2, 0.25) is 10.0 Å². The molecular weight excluding hydrogens is 478 g/mol. The molecule has 1 aliphatic rings. The molecule has 0 bridgehead atoms. The summed E-state index contributed by atoms with van der Waals surface area (Å²) in [5.74, 6) is -0.483. The van der Waals surface area contributed by atoms with Crippen molar-refractivity contribution >= 4 is 29.3 Å². The second kappa shape index (κ2) is 11.2. The number of likely N-dealkylation sites (tertiary alicyclic amines) is 1. The van der Waals surface area contributed by atoms with Crippen LogP contribution in [-0.4, -0.2) is 46.2 Å². The molecule has 0 saturated carbocycles. The molecule has 0 spiro atoms. The number of rotatable bonds is 7. The molecule has 0 aromatic heterocycles. The van der Waals surface area contributed by atoms with Crippen LogP contribution in [0.15, 0.2) is 72.8 Å². The van der Waals surface area contributed by atoms with Gasteiger partial charge >= 0.3 is 6.09 Å². The van der Waals surface area contributed by atoms with Gasteiger partial charge in [-0.05, 0) is 41.0 Å². The van der Waals surface area contributed by atoms with Crippen LogP contribution in [0.1, 0.15) is 16.7 Å². The Hall–Kier alpha value is -2.64. The van der Waals surface area contributed by atoms with Crippen LogP contribution in [-0.2, 0) is 24.4 Å². The van der Waals surface area contributed by atoms with E-state index in [4.69, 9.17) is 27.9 Å². The Kier molecular flexibility index (Phi) is 8.06. The molecule has 1 aliphatic heterocycles. The van der Waals surface area contributed by atoms with E-state index in [2.05, 4.69) is 4.90 Å². The fourth-order valence-electron chi connectivity index (χ4n) is 4.08. The molecule has 3 aromatic rings. The molecule has 178 valence electrons. The molecule has 2 atom stereocenters. The predicted octanol–water partition coefficient (Wildman–Crippen LogP) is 5.52. The van der Waals surface area contributed by atoms with E-state index in [9.17, 15) is 14.3 Å². The van der Waals surface area contributed by atoms with Crippen molar-refractivity contribution in [1.82, 2.24) is 9.80 Å². The number of amides is 1. The summed E-state index contributed by atoms with van der Waals surface area (Å²) in [6.45, 7) is 1.55. The third-order valence-corrected chi connectivity index (χ3v) is 6.40. The normalized spacial score (nSPS) is 17.9. The standard InChI is InChI=1S/C26H25Cl2FN2O3/c27-21-9-6-18(7-10-21)13-30(14-20-8-11-23(29)22(28)12-20)24-15-31(16-25(24)32)26(33)34-17-19-4-2-1-3-5-19/h1-12,24-25,32H,13-17H2/t24-,25-/m1/s1. The highest BCUT2D eigenvalue weighted by atomic mass is 35.5. The van der Waals surface area contributed by atoms with Crippen LogP contribution in [0.25, 0.3) is 0 Å². The summed E-state index contributed by atoms with van der Waals surface area (Å²) in [4.78, 5) is 16.2. The first-order valence-corrected chi connectivity index (χ1v) is 11.7. The van der Waals surface area contributed by atoms with E-state index in [0.717, 1.165) is 16.7 Å². The minimum atomic E-state index is -0.771. The molecule has 34 heavy (non-hydrogen) atoms. The molecule has 0 aliphatic carbocycles. The maximum Gasteiger partial charge on any atom is 0.410 e. The number of hydrogen-bond acceptors (Lipinski definition) is 4. The fraction of sp³-hybridized carbons (Fsp3) is 0.269. The predicted molar refractivity (Wildman–Crippen MR) is 130 cm³/mol. The number of nitrogens with zero attached hydrogens (tertiary/aromatic N) is 2. The third kappa shape index (κ3) is 6.27. The van der Waals surface area contributed by atoms with Gasteiger partial charge in [-0.3, -0.25) is 4.90 Å². The maximum atomic E-state index is 13.7. The van der Waals surface area contributed by atoms with Gasteiger partial charge < -0.3 is 14.7 Å². The number of aliphatic hydroxyl groups excluding tert-OH is 1. The van der Waals surface area contributed by atoms with Gasteiger partial charge in [-0.2, -0.15) is 0 Å². The lowest BCUT2D eigenvalue weighted by molar-refractivity contribution is 0.0728. The molecule has 4 rings (SSSR count). The smallest absolute Gasteiger partial charge is 0.410 e. The zero-order valence-corrected chi connectivity index (χ0v) is 19.9. The Labute approximate surface area is 208 Å². The minimum Gasteiger partial charge on any atom is -0.445 e. The van der Waals surface area contributed by atoms with Crippen LogP contribution in [0.5, 0.6) is 0 Å².